The van der Waals surface area contributed by atoms with Gasteiger partial charge in [-0.1, -0.05) is 46.3 Å². The summed E-state index contributed by atoms with van der Waals surface area (Å²) in [6, 6.07) is 16.4. The molecule has 0 saturated heterocycles. The number of benzene rings is 2. The SMILES string of the molecule is BrC(Cc1nc2ccccc2s1)c1coc2ccccc12. The maximum Gasteiger partial charge on any atom is 0.134 e. The van der Waals surface area contributed by atoms with Crippen molar-refractivity contribution in [1.29, 1.82) is 0 Å². The molecule has 4 aromatic rings. The summed E-state index contributed by atoms with van der Waals surface area (Å²) in [6.45, 7) is 0. The highest BCUT2D eigenvalue weighted by Crippen LogP contribution is 2.35. The molecule has 21 heavy (non-hydrogen) atoms. The summed E-state index contributed by atoms with van der Waals surface area (Å²) in [5.41, 5.74) is 3.19. The van der Waals surface area contributed by atoms with E-state index in [0.717, 1.165) is 22.5 Å². The average molecular weight is 358 g/mol. The van der Waals surface area contributed by atoms with E-state index in [9.17, 15) is 0 Å². The van der Waals surface area contributed by atoms with Gasteiger partial charge in [0.25, 0.3) is 0 Å². The van der Waals surface area contributed by atoms with Crippen molar-refractivity contribution in [1.82, 2.24) is 4.98 Å². The Morgan fingerprint density at radius 3 is 2.81 bits per heavy atom. The van der Waals surface area contributed by atoms with Crippen LogP contribution in [0.2, 0.25) is 0 Å². The van der Waals surface area contributed by atoms with Crippen molar-refractivity contribution in [3.05, 3.63) is 65.4 Å². The lowest BCUT2D eigenvalue weighted by atomic mass is 10.1. The number of nitrogens with zero attached hydrogens (tertiary/aromatic N) is 1. The fourth-order valence-corrected chi connectivity index (χ4v) is 4.40. The van der Waals surface area contributed by atoms with Gasteiger partial charge in [-0.2, -0.15) is 0 Å². The largest absolute Gasteiger partial charge is 0.464 e. The highest BCUT2D eigenvalue weighted by atomic mass is 79.9. The zero-order valence-electron chi connectivity index (χ0n) is 11.1. The molecule has 0 amide bonds. The molecule has 0 bridgehead atoms. The molecule has 2 aromatic carbocycles. The molecule has 0 aliphatic heterocycles. The second-order valence-electron chi connectivity index (χ2n) is 4.93. The van der Waals surface area contributed by atoms with Crippen molar-refractivity contribution >= 4 is 48.5 Å². The van der Waals surface area contributed by atoms with Gasteiger partial charge in [0.2, 0.25) is 0 Å². The molecule has 0 aliphatic rings. The van der Waals surface area contributed by atoms with Gasteiger partial charge in [-0.15, -0.1) is 11.3 Å². The molecule has 4 rings (SSSR count). The number of aromatic nitrogens is 1. The van der Waals surface area contributed by atoms with E-state index >= 15 is 0 Å². The number of halogens is 1. The van der Waals surface area contributed by atoms with Gasteiger partial charge in [-0.3, -0.25) is 0 Å². The molecule has 104 valence electrons. The normalized spacial score (nSPS) is 13.0. The maximum atomic E-state index is 5.62. The van der Waals surface area contributed by atoms with Gasteiger partial charge in [0.1, 0.15) is 5.58 Å². The van der Waals surface area contributed by atoms with E-state index < -0.39 is 0 Å². The summed E-state index contributed by atoms with van der Waals surface area (Å²) in [7, 11) is 0. The van der Waals surface area contributed by atoms with Crippen molar-refractivity contribution in [2.75, 3.05) is 0 Å². The molecular formula is C17H12BrNOS. The number of furan rings is 1. The Labute approximate surface area is 134 Å². The molecule has 0 spiro atoms. The van der Waals surface area contributed by atoms with E-state index in [2.05, 4.69) is 40.2 Å². The van der Waals surface area contributed by atoms with Crippen LogP contribution in [0.1, 0.15) is 15.4 Å². The third kappa shape index (κ3) is 2.39. The highest BCUT2D eigenvalue weighted by Gasteiger charge is 2.16. The second kappa shape index (κ2) is 5.28. The average Bonchev–Trinajstić information content (AvgIpc) is 3.10. The predicted octanol–water partition coefficient (Wildman–Crippen LogP) is 5.72. The van der Waals surface area contributed by atoms with Crippen molar-refractivity contribution in [2.24, 2.45) is 0 Å². The molecule has 2 aromatic heterocycles. The second-order valence-corrected chi connectivity index (χ2v) is 7.15. The van der Waals surface area contributed by atoms with Crippen LogP contribution in [0, 0.1) is 0 Å². The molecule has 2 nitrogen and oxygen atoms in total. The smallest absolute Gasteiger partial charge is 0.134 e. The number of para-hydroxylation sites is 2. The lowest BCUT2D eigenvalue weighted by Gasteiger charge is -2.05. The van der Waals surface area contributed by atoms with Crippen LogP contribution in [0.25, 0.3) is 21.2 Å². The minimum absolute atomic E-state index is 0.210. The topological polar surface area (TPSA) is 26.0 Å². The van der Waals surface area contributed by atoms with Gasteiger partial charge in [0.05, 0.1) is 21.5 Å². The first kappa shape index (κ1) is 13.0. The van der Waals surface area contributed by atoms with Gasteiger partial charge in [0, 0.05) is 22.2 Å². The van der Waals surface area contributed by atoms with Crippen LogP contribution in [0.3, 0.4) is 0 Å². The van der Waals surface area contributed by atoms with Crippen LogP contribution in [0.15, 0.2) is 59.2 Å². The summed E-state index contributed by atoms with van der Waals surface area (Å²) in [4.78, 5) is 4.91. The monoisotopic (exact) mass is 357 g/mol. The lowest BCUT2D eigenvalue weighted by Crippen LogP contribution is -1.93. The van der Waals surface area contributed by atoms with E-state index in [1.165, 1.54) is 15.6 Å². The van der Waals surface area contributed by atoms with Crippen LogP contribution in [-0.2, 0) is 6.42 Å². The van der Waals surface area contributed by atoms with Crippen LogP contribution in [0.4, 0.5) is 0 Å². The molecule has 0 saturated carbocycles. The number of rotatable bonds is 3. The number of alkyl halides is 1. The Balaban J connectivity index is 1.67. The minimum Gasteiger partial charge on any atom is -0.464 e. The fraction of sp³-hybridized carbons (Fsp3) is 0.118. The number of fused-ring (bicyclic) bond motifs is 2. The quantitative estimate of drug-likeness (QED) is 0.438. The van der Waals surface area contributed by atoms with E-state index in [0.29, 0.717) is 0 Å². The summed E-state index contributed by atoms with van der Waals surface area (Å²) < 4.78 is 6.86. The Morgan fingerprint density at radius 1 is 1.10 bits per heavy atom. The molecule has 4 heteroatoms. The van der Waals surface area contributed by atoms with Gasteiger partial charge in [-0.25, -0.2) is 4.98 Å². The van der Waals surface area contributed by atoms with Gasteiger partial charge in [-0.05, 0) is 18.2 Å². The van der Waals surface area contributed by atoms with Gasteiger partial charge in [0.15, 0.2) is 0 Å². The van der Waals surface area contributed by atoms with Gasteiger partial charge < -0.3 is 4.42 Å². The fourth-order valence-electron chi connectivity index (χ4n) is 2.51. The van der Waals surface area contributed by atoms with Crippen LogP contribution in [0.5, 0.6) is 0 Å². The van der Waals surface area contributed by atoms with Crippen molar-refractivity contribution in [3.63, 3.8) is 0 Å². The summed E-state index contributed by atoms with van der Waals surface area (Å²) >= 11 is 5.54. The standard InChI is InChI=1S/C17H12BrNOS/c18-13(12-10-20-15-7-3-1-5-11(12)15)9-17-19-14-6-2-4-8-16(14)21-17/h1-8,10,13H,9H2. The van der Waals surface area contributed by atoms with Crippen LogP contribution < -0.4 is 0 Å². The molecule has 0 radical (unpaired) electrons. The highest BCUT2D eigenvalue weighted by molar-refractivity contribution is 9.09. The van der Waals surface area contributed by atoms with Gasteiger partial charge >= 0.3 is 0 Å². The molecule has 0 N–H and O–H groups in total. The Hall–Kier alpha value is -1.65. The summed E-state index contributed by atoms with van der Waals surface area (Å²) in [6.07, 6.45) is 2.71. The third-order valence-corrected chi connectivity index (χ3v) is 5.42. The minimum atomic E-state index is 0.210. The van der Waals surface area contributed by atoms with E-state index in [1.807, 2.05) is 30.5 Å². The van der Waals surface area contributed by atoms with E-state index in [-0.39, 0.29) is 4.83 Å². The molecular weight excluding hydrogens is 346 g/mol. The molecule has 1 atom stereocenters. The van der Waals surface area contributed by atoms with E-state index in [4.69, 9.17) is 9.40 Å². The third-order valence-electron chi connectivity index (χ3n) is 3.54. The van der Waals surface area contributed by atoms with Crippen LogP contribution >= 0.6 is 27.3 Å². The number of hydrogen-bond donors (Lipinski definition) is 0. The van der Waals surface area contributed by atoms with Crippen molar-refractivity contribution in [2.45, 2.75) is 11.2 Å². The Kier molecular flexibility index (Phi) is 3.28. The summed E-state index contributed by atoms with van der Waals surface area (Å²) in [5, 5.41) is 2.31. The zero-order valence-corrected chi connectivity index (χ0v) is 13.5. The first-order valence-corrected chi connectivity index (χ1v) is 8.49. The zero-order chi connectivity index (χ0) is 14.2. The Bertz CT molecular complexity index is 878. The van der Waals surface area contributed by atoms with Crippen molar-refractivity contribution < 1.29 is 4.42 Å². The van der Waals surface area contributed by atoms with Crippen LogP contribution in [-0.4, -0.2) is 4.98 Å². The predicted molar refractivity (Wildman–Crippen MR) is 91.2 cm³/mol. The van der Waals surface area contributed by atoms with Crippen molar-refractivity contribution in [3.8, 4) is 0 Å². The molecule has 0 fully saturated rings. The number of thiazole rings is 1. The summed E-state index contributed by atoms with van der Waals surface area (Å²) in [5.74, 6) is 0. The molecule has 2 heterocycles. The maximum absolute atomic E-state index is 5.62. The Morgan fingerprint density at radius 2 is 1.90 bits per heavy atom. The first-order valence-electron chi connectivity index (χ1n) is 6.76. The molecule has 0 aliphatic carbocycles. The molecule has 1 unspecified atom stereocenters. The lowest BCUT2D eigenvalue weighted by molar-refractivity contribution is 0.610. The first-order chi connectivity index (χ1) is 10.3. The van der Waals surface area contributed by atoms with E-state index in [1.54, 1.807) is 11.3 Å². The number of hydrogen-bond acceptors (Lipinski definition) is 3.